The van der Waals surface area contributed by atoms with E-state index in [4.69, 9.17) is 4.98 Å². The zero-order valence-electron chi connectivity index (χ0n) is 17.6. The van der Waals surface area contributed by atoms with E-state index in [0.717, 1.165) is 17.5 Å². The summed E-state index contributed by atoms with van der Waals surface area (Å²) in [6.07, 6.45) is 0.925. The summed E-state index contributed by atoms with van der Waals surface area (Å²) in [6.45, 7) is 7.58. The average Bonchev–Trinajstić information content (AvgIpc) is 3.17. The molecule has 1 amide bonds. The van der Waals surface area contributed by atoms with Crippen molar-refractivity contribution in [3.63, 3.8) is 0 Å². The van der Waals surface area contributed by atoms with E-state index in [-0.39, 0.29) is 18.0 Å². The van der Waals surface area contributed by atoms with E-state index in [9.17, 15) is 9.18 Å². The Hall–Kier alpha value is -2.80. The number of carbonyl (C=O) groups excluding carboxylic acids is 1. The Bertz CT molecular complexity index is 971. The van der Waals surface area contributed by atoms with Gasteiger partial charge in [0.25, 0.3) is 0 Å². The first-order valence-electron chi connectivity index (χ1n) is 10.1. The summed E-state index contributed by atoms with van der Waals surface area (Å²) in [5.74, 6) is 0.528. The van der Waals surface area contributed by atoms with Gasteiger partial charge in [-0.1, -0.05) is 55.8 Å². The van der Waals surface area contributed by atoms with Crippen LogP contribution >= 0.6 is 11.5 Å². The zero-order valence-corrected chi connectivity index (χ0v) is 18.4. The summed E-state index contributed by atoms with van der Waals surface area (Å²) in [7, 11) is 0. The lowest BCUT2D eigenvalue weighted by Crippen LogP contribution is -2.31. The normalized spacial score (nSPS) is 11.0. The fourth-order valence-corrected chi connectivity index (χ4v) is 3.77. The van der Waals surface area contributed by atoms with Crippen LogP contribution in [0.5, 0.6) is 0 Å². The molecule has 1 N–H and O–H groups in total. The molecule has 0 spiro atoms. The molecule has 158 valence electrons. The number of amides is 1. The summed E-state index contributed by atoms with van der Waals surface area (Å²) in [6, 6.07) is 14.5. The van der Waals surface area contributed by atoms with E-state index in [2.05, 4.69) is 59.6 Å². The quantitative estimate of drug-likeness (QED) is 0.519. The number of aryl methyl sites for hydroxylation is 1. The van der Waals surface area contributed by atoms with Crippen LogP contribution in [0, 0.1) is 18.7 Å². The van der Waals surface area contributed by atoms with Crippen molar-refractivity contribution in [3.8, 4) is 0 Å². The number of hydrogen-bond acceptors (Lipinski definition) is 5. The van der Waals surface area contributed by atoms with Gasteiger partial charge in [0.05, 0.1) is 5.69 Å². The lowest BCUT2D eigenvalue weighted by atomic mass is 10.1. The van der Waals surface area contributed by atoms with Gasteiger partial charge in [-0.15, -0.1) is 0 Å². The Morgan fingerprint density at radius 2 is 1.90 bits per heavy atom. The minimum Gasteiger partial charge on any atom is -0.346 e. The minimum absolute atomic E-state index is 0.203. The molecule has 0 aliphatic rings. The Morgan fingerprint density at radius 1 is 1.17 bits per heavy atom. The molecule has 0 aliphatic carbocycles. The molecule has 0 unspecified atom stereocenters. The van der Waals surface area contributed by atoms with Gasteiger partial charge < -0.3 is 10.2 Å². The Kier molecular flexibility index (Phi) is 7.52. The standard InChI is InChI=1S/C23H27FN4OS/c1-16(2)15-28(13-12-22(29)25-20-7-5-4-6-19(20)24)23-26-21(27-30-23)14-18-10-8-17(3)9-11-18/h4-11,16H,12-15H2,1-3H3,(H,25,29). The molecule has 3 aromatic rings. The molecule has 5 nitrogen and oxygen atoms in total. The average molecular weight is 427 g/mol. The highest BCUT2D eigenvalue weighted by atomic mass is 32.1. The monoisotopic (exact) mass is 426 g/mol. The number of halogens is 1. The van der Waals surface area contributed by atoms with Gasteiger partial charge in [0.1, 0.15) is 11.6 Å². The molecule has 0 fully saturated rings. The maximum Gasteiger partial charge on any atom is 0.226 e. The number of anilines is 2. The molecule has 2 aromatic carbocycles. The molecule has 0 radical (unpaired) electrons. The van der Waals surface area contributed by atoms with E-state index < -0.39 is 5.82 Å². The van der Waals surface area contributed by atoms with Crippen LogP contribution in [0.15, 0.2) is 48.5 Å². The zero-order chi connectivity index (χ0) is 21.5. The second kappa shape index (κ2) is 10.3. The van der Waals surface area contributed by atoms with E-state index in [0.29, 0.717) is 18.9 Å². The van der Waals surface area contributed by atoms with E-state index in [1.165, 1.54) is 28.7 Å². The number of nitrogens with one attached hydrogen (secondary N) is 1. The first-order chi connectivity index (χ1) is 14.4. The Labute approximate surface area is 181 Å². The topological polar surface area (TPSA) is 58.1 Å². The molecule has 0 atom stereocenters. The number of hydrogen-bond donors (Lipinski definition) is 1. The highest BCUT2D eigenvalue weighted by Gasteiger charge is 2.16. The summed E-state index contributed by atoms with van der Waals surface area (Å²) in [5, 5.41) is 3.45. The van der Waals surface area contributed by atoms with Crippen LogP contribution in [0.2, 0.25) is 0 Å². The predicted molar refractivity (Wildman–Crippen MR) is 121 cm³/mol. The molecular formula is C23H27FN4OS. The molecule has 7 heteroatoms. The Balaban J connectivity index is 1.62. The van der Waals surface area contributed by atoms with Gasteiger partial charge in [-0.2, -0.15) is 4.37 Å². The van der Waals surface area contributed by atoms with Gasteiger partial charge in [0.2, 0.25) is 11.0 Å². The largest absolute Gasteiger partial charge is 0.346 e. The van der Waals surface area contributed by atoms with Crippen molar-refractivity contribution in [3.05, 3.63) is 71.3 Å². The molecule has 3 rings (SSSR count). The van der Waals surface area contributed by atoms with Gasteiger partial charge in [-0.3, -0.25) is 4.79 Å². The number of benzene rings is 2. The molecule has 0 saturated carbocycles. The van der Waals surface area contributed by atoms with Crippen molar-refractivity contribution in [1.29, 1.82) is 0 Å². The summed E-state index contributed by atoms with van der Waals surface area (Å²) >= 11 is 1.35. The Morgan fingerprint density at radius 3 is 2.60 bits per heavy atom. The van der Waals surface area contributed by atoms with E-state index >= 15 is 0 Å². The first kappa shape index (κ1) is 21.9. The number of aromatic nitrogens is 2. The van der Waals surface area contributed by atoms with Gasteiger partial charge in [-0.25, -0.2) is 9.37 Å². The van der Waals surface area contributed by atoms with Crippen LogP contribution in [0.1, 0.15) is 37.2 Å². The maximum atomic E-state index is 13.7. The molecule has 1 aromatic heterocycles. The van der Waals surface area contributed by atoms with Gasteiger partial charge in [-0.05, 0) is 30.5 Å². The summed E-state index contributed by atoms with van der Waals surface area (Å²) < 4.78 is 18.3. The number of rotatable bonds is 9. The lowest BCUT2D eigenvalue weighted by Gasteiger charge is -2.23. The maximum absolute atomic E-state index is 13.7. The van der Waals surface area contributed by atoms with Crippen LogP contribution in [0.25, 0.3) is 0 Å². The van der Waals surface area contributed by atoms with Crippen LogP contribution in [-0.2, 0) is 11.2 Å². The minimum atomic E-state index is -0.435. The van der Waals surface area contributed by atoms with Crippen LogP contribution in [-0.4, -0.2) is 28.4 Å². The van der Waals surface area contributed by atoms with Crippen LogP contribution < -0.4 is 10.2 Å². The van der Waals surface area contributed by atoms with Crippen LogP contribution in [0.4, 0.5) is 15.2 Å². The summed E-state index contributed by atoms with van der Waals surface area (Å²) in [5.41, 5.74) is 2.60. The highest BCUT2D eigenvalue weighted by Crippen LogP contribution is 2.21. The molecule has 0 bridgehead atoms. The highest BCUT2D eigenvalue weighted by molar-refractivity contribution is 7.09. The third kappa shape index (κ3) is 6.35. The predicted octanol–water partition coefficient (Wildman–Crippen LogP) is 5.07. The van der Waals surface area contributed by atoms with Crippen molar-refractivity contribution in [2.75, 3.05) is 23.3 Å². The number of nitrogens with zero attached hydrogens (tertiary/aromatic N) is 3. The van der Waals surface area contributed by atoms with E-state index in [1.54, 1.807) is 18.2 Å². The molecular weight excluding hydrogens is 399 g/mol. The van der Waals surface area contributed by atoms with Crippen molar-refractivity contribution in [2.24, 2.45) is 5.92 Å². The van der Waals surface area contributed by atoms with Crippen molar-refractivity contribution in [2.45, 2.75) is 33.6 Å². The number of para-hydroxylation sites is 1. The molecule has 30 heavy (non-hydrogen) atoms. The van der Waals surface area contributed by atoms with Crippen LogP contribution in [0.3, 0.4) is 0 Å². The second-order valence-corrected chi connectivity index (χ2v) is 8.50. The fourth-order valence-electron chi connectivity index (χ4n) is 3.05. The van der Waals surface area contributed by atoms with Crippen molar-refractivity contribution < 1.29 is 9.18 Å². The fraction of sp³-hybridized carbons (Fsp3) is 0.348. The first-order valence-corrected chi connectivity index (χ1v) is 10.9. The van der Waals surface area contributed by atoms with Gasteiger partial charge in [0.15, 0.2) is 0 Å². The third-order valence-corrected chi connectivity index (χ3v) is 5.37. The second-order valence-electron chi connectivity index (χ2n) is 7.77. The molecule has 0 aliphatic heterocycles. The van der Waals surface area contributed by atoms with Crippen molar-refractivity contribution in [1.82, 2.24) is 9.36 Å². The SMILES string of the molecule is Cc1ccc(Cc2nsc(N(CCC(=O)Nc3ccccc3F)CC(C)C)n2)cc1. The number of carbonyl (C=O) groups is 1. The lowest BCUT2D eigenvalue weighted by molar-refractivity contribution is -0.116. The smallest absolute Gasteiger partial charge is 0.226 e. The van der Waals surface area contributed by atoms with E-state index in [1.807, 2.05) is 0 Å². The van der Waals surface area contributed by atoms with Gasteiger partial charge >= 0.3 is 0 Å². The summed E-state index contributed by atoms with van der Waals surface area (Å²) in [4.78, 5) is 19.1. The van der Waals surface area contributed by atoms with Gasteiger partial charge in [0, 0.05) is 37.5 Å². The van der Waals surface area contributed by atoms with Crippen molar-refractivity contribution >= 4 is 28.3 Å². The molecule has 1 heterocycles. The third-order valence-electron chi connectivity index (χ3n) is 4.55. The molecule has 0 saturated heterocycles.